The SMILES string of the molecule is CCCCCNC(=O)C(=O)Nc1cccc(C(=O)OC)c1. The van der Waals surface area contributed by atoms with E-state index in [0.29, 0.717) is 17.8 Å². The molecule has 0 radical (unpaired) electrons. The number of unbranched alkanes of at least 4 members (excludes halogenated alkanes) is 2. The highest BCUT2D eigenvalue weighted by atomic mass is 16.5. The maximum atomic E-state index is 11.7. The molecule has 0 fully saturated rings. The van der Waals surface area contributed by atoms with E-state index in [9.17, 15) is 14.4 Å². The molecule has 2 N–H and O–H groups in total. The van der Waals surface area contributed by atoms with Crippen molar-refractivity contribution >= 4 is 23.5 Å². The molecule has 0 unspecified atom stereocenters. The highest BCUT2D eigenvalue weighted by Crippen LogP contribution is 2.11. The van der Waals surface area contributed by atoms with E-state index in [1.807, 2.05) is 0 Å². The maximum absolute atomic E-state index is 11.7. The van der Waals surface area contributed by atoms with Crippen LogP contribution in [0.4, 0.5) is 5.69 Å². The average molecular weight is 292 g/mol. The molecule has 114 valence electrons. The number of amides is 2. The zero-order chi connectivity index (χ0) is 15.7. The van der Waals surface area contributed by atoms with E-state index in [4.69, 9.17) is 0 Å². The molecule has 0 aliphatic rings. The van der Waals surface area contributed by atoms with Crippen molar-refractivity contribution in [1.82, 2.24) is 5.32 Å². The third-order valence-electron chi connectivity index (χ3n) is 2.81. The molecule has 0 spiro atoms. The first kappa shape index (κ1) is 16.7. The highest BCUT2D eigenvalue weighted by Gasteiger charge is 2.14. The Morgan fingerprint density at radius 1 is 1.14 bits per heavy atom. The highest BCUT2D eigenvalue weighted by molar-refractivity contribution is 6.39. The van der Waals surface area contributed by atoms with Crippen molar-refractivity contribution in [2.75, 3.05) is 19.0 Å². The third-order valence-corrected chi connectivity index (χ3v) is 2.81. The van der Waals surface area contributed by atoms with E-state index < -0.39 is 17.8 Å². The van der Waals surface area contributed by atoms with Crippen LogP contribution in [0.15, 0.2) is 24.3 Å². The minimum Gasteiger partial charge on any atom is -0.465 e. The van der Waals surface area contributed by atoms with Crippen LogP contribution in [0.2, 0.25) is 0 Å². The lowest BCUT2D eigenvalue weighted by atomic mass is 10.2. The van der Waals surface area contributed by atoms with Crippen molar-refractivity contribution < 1.29 is 19.1 Å². The van der Waals surface area contributed by atoms with Crippen LogP contribution < -0.4 is 10.6 Å². The molecule has 0 aliphatic heterocycles. The van der Waals surface area contributed by atoms with Crippen LogP contribution in [0.5, 0.6) is 0 Å². The van der Waals surface area contributed by atoms with E-state index in [1.54, 1.807) is 18.2 Å². The smallest absolute Gasteiger partial charge is 0.337 e. The number of hydrogen-bond acceptors (Lipinski definition) is 4. The Morgan fingerprint density at radius 2 is 1.90 bits per heavy atom. The molecule has 0 aromatic heterocycles. The van der Waals surface area contributed by atoms with E-state index in [0.717, 1.165) is 19.3 Å². The lowest BCUT2D eigenvalue weighted by Gasteiger charge is -2.07. The van der Waals surface area contributed by atoms with Gasteiger partial charge in [-0.1, -0.05) is 25.8 Å². The second-order valence-electron chi connectivity index (χ2n) is 4.49. The minimum absolute atomic E-state index is 0.304. The summed E-state index contributed by atoms with van der Waals surface area (Å²) in [5, 5.41) is 4.99. The molecule has 0 heterocycles. The van der Waals surface area contributed by atoms with Gasteiger partial charge in [0.25, 0.3) is 0 Å². The van der Waals surface area contributed by atoms with E-state index >= 15 is 0 Å². The van der Waals surface area contributed by atoms with Crippen molar-refractivity contribution in [3.8, 4) is 0 Å². The fourth-order valence-corrected chi connectivity index (χ4v) is 1.69. The Bertz CT molecular complexity index is 514. The molecule has 21 heavy (non-hydrogen) atoms. The quantitative estimate of drug-likeness (QED) is 0.475. The second-order valence-corrected chi connectivity index (χ2v) is 4.49. The molecular weight excluding hydrogens is 272 g/mol. The number of esters is 1. The van der Waals surface area contributed by atoms with Crippen molar-refractivity contribution in [3.63, 3.8) is 0 Å². The maximum Gasteiger partial charge on any atom is 0.337 e. The van der Waals surface area contributed by atoms with E-state index in [-0.39, 0.29) is 0 Å². The van der Waals surface area contributed by atoms with E-state index in [2.05, 4.69) is 22.3 Å². The molecular formula is C15H20N2O4. The lowest BCUT2D eigenvalue weighted by Crippen LogP contribution is -2.35. The Balaban J connectivity index is 2.54. The van der Waals surface area contributed by atoms with Crippen LogP contribution in [0.1, 0.15) is 36.5 Å². The fraction of sp³-hybridized carbons (Fsp3) is 0.400. The number of carbonyl (C=O) groups is 3. The summed E-state index contributed by atoms with van der Waals surface area (Å²) < 4.78 is 4.59. The summed E-state index contributed by atoms with van der Waals surface area (Å²) in [4.78, 5) is 34.6. The molecule has 0 atom stereocenters. The van der Waals surface area contributed by atoms with Crippen LogP contribution in [0.3, 0.4) is 0 Å². The Hall–Kier alpha value is -2.37. The second kappa shape index (κ2) is 8.73. The first-order chi connectivity index (χ1) is 10.1. The number of methoxy groups -OCH3 is 1. The van der Waals surface area contributed by atoms with Gasteiger partial charge in [-0.3, -0.25) is 9.59 Å². The summed E-state index contributed by atoms with van der Waals surface area (Å²) in [5.74, 6) is -1.95. The van der Waals surface area contributed by atoms with Gasteiger partial charge >= 0.3 is 17.8 Å². The first-order valence-corrected chi connectivity index (χ1v) is 6.86. The average Bonchev–Trinajstić information content (AvgIpc) is 2.50. The van der Waals surface area contributed by atoms with Gasteiger partial charge in [-0.25, -0.2) is 4.79 Å². The van der Waals surface area contributed by atoms with Crippen LogP contribution in [0.25, 0.3) is 0 Å². The number of hydrogen-bond donors (Lipinski definition) is 2. The molecule has 0 bridgehead atoms. The van der Waals surface area contributed by atoms with Gasteiger partial charge in [-0.15, -0.1) is 0 Å². The molecule has 1 aromatic rings. The Kier molecular flexibility index (Phi) is 6.94. The van der Waals surface area contributed by atoms with E-state index in [1.165, 1.54) is 13.2 Å². The summed E-state index contributed by atoms with van der Waals surface area (Å²) in [6.07, 6.45) is 2.89. The molecule has 0 saturated heterocycles. The van der Waals surface area contributed by atoms with Gasteiger partial charge in [0.15, 0.2) is 0 Å². The molecule has 6 nitrogen and oxygen atoms in total. The van der Waals surface area contributed by atoms with Gasteiger partial charge in [0.05, 0.1) is 12.7 Å². The first-order valence-electron chi connectivity index (χ1n) is 6.86. The minimum atomic E-state index is -0.756. The number of rotatable bonds is 6. The van der Waals surface area contributed by atoms with Crippen molar-refractivity contribution in [3.05, 3.63) is 29.8 Å². The summed E-state index contributed by atoms with van der Waals surface area (Å²) in [5.41, 5.74) is 0.672. The van der Waals surface area contributed by atoms with Crippen LogP contribution in [-0.4, -0.2) is 31.4 Å². The van der Waals surface area contributed by atoms with Gasteiger partial charge in [0.1, 0.15) is 0 Å². The van der Waals surface area contributed by atoms with Crippen molar-refractivity contribution in [2.45, 2.75) is 26.2 Å². The monoisotopic (exact) mass is 292 g/mol. The van der Waals surface area contributed by atoms with Crippen molar-refractivity contribution in [2.24, 2.45) is 0 Å². The predicted octanol–water partition coefficient (Wildman–Crippen LogP) is 1.72. The largest absolute Gasteiger partial charge is 0.465 e. The third kappa shape index (κ3) is 5.64. The van der Waals surface area contributed by atoms with Gasteiger partial charge in [0, 0.05) is 12.2 Å². The van der Waals surface area contributed by atoms with Gasteiger partial charge in [-0.2, -0.15) is 0 Å². The van der Waals surface area contributed by atoms with Crippen LogP contribution in [-0.2, 0) is 14.3 Å². The molecule has 2 amide bonds. The number of nitrogens with one attached hydrogen (secondary N) is 2. The lowest BCUT2D eigenvalue weighted by molar-refractivity contribution is -0.136. The van der Waals surface area contributed by atoms with Gasteiger partial charge in [0.2, 0.25) is 0 Å². The molecule has 1 rings (SSSR count). The predicted molar refractivity (Wildman–Crippen MR) is 78.9 cm³/mol. The molecule has 1 aromatic carbocycles. The summed E-state index contributed by atoms with van der Waals surface area (Å²) in [7, 11) is 1.28. The van der Waals surface area contributed by atoms with Crippen molar-refractivity contribution in [1.29, 1.82) is 0 Å². The standard InChI is InChI=1S/C15H20N2O4/c1-3-4-5-9-16-13(18)14(19)17-12-8-6-7-11(10-12)15(20)21-2/h6-8,10H,3-5,9H2,1-2H3,(H,16,18)(H,17,19). The van der Waals surface area contributed by atoms with Crippen LogP contribution in [0, 0.1) is 0 Å². The summed E-state index contributed by atoms with van der Waals surface area (Å²) >= 11 is 0. The molecule has 0 saturated carbocycles. The normalized spacial score (nSPS) is 9.81. The molecule has 0 aliphatic carbocycles. The van der Waals surface area contributed by atoms with Gasteiger partial charge < -0.3 is 15.4 Å². The van der Waals surface area contributed by atoms with Crippen LogP contribution >= 0.6 is 0 Å². The number of benzene rings is 1. The zero-order valence-corrected chi connectivity index (χ0v) is 12.3. The zero-order valence-electron chi connectivity index (χ0n) is 12.3. The number of ether oxygens (including phenoxy) is 1. The Labute approximate surface area is 123 Å². The summed E-state index contributed by atoms with van der Waals surface area (Å²) in [6.45, 7) is 2.53. The topological polar surface area (TPSA) is 84.5 Å². The molecule has 6 heteroatoms. The summed E-state index contributed by atoms with van der Waals surface area (Å²) in [6, 6.07) is 6.20. The number of anilines is 1. The number of carbonyl (C=O) groups excluding carboxylic acids is 3. The Morgan fingerprint density at radius 3 is 2.57 bits per heavy atom. The van der Waals surface area contributed by atoms with Gasteiger partial charge in [-0.05, 0) is 24.6 Å². The fourth-order valence-electron chi connectivity index (χ4n) is 1.69.